The summed E-state index contributed by atoms with van der Waals surface area (Å²) < 4.78 is 5.10. The summed E-state index contributed by atoms with van der Waals surface area (Å²) in [5, 5.41) is 0.859. The summed E-state index contributed by atoms with van der Waals surface area (Å²) in [6.07, 6.45) is 3.14. The van der Waals surface area contributed by atoms with Crippen molar-refractivity contribution in [3.05, 3.63) is 40.1 Å². The Morgan fingerprint density at radius 3 is 2.88 bits per heavy atom. The zero-order valence-corrected chi connectivity index (χ0v) is 9.75. The molecule has 0 unspecified atom stereocenters. The number of carbonyl (C=O) groups excluding carboxylic acids is 1. The van der Waals surface area contributed by atoms with E-state index in [1.165, 1.54) is 18.4 Å². The number of ether oxygens (including phenoxy) is 1. The summed E-state index contributed by atoms with van der Waals surface area (Å²) >= 11 is 1.35. The first-order chi connectivity index (χ1) is 7.72. The van der Waals surface area contributed by atoms with Crippen LogP contribution in [0.25, 0.3) is 0 Å². The molecular weight excluding hydrogens is 224 g/mol. The number of methoxy groups -OCH3 is 1. The van der Waals surface area contributed by atoms with Gasteiger partial charge in [0.25, 0.3) is 0 Å². The van der Waals surface area contributed by atoms with Gasteiger partial charge in [0.1, 0.15) is 5.75 Å². The Hall–Kier alpha value is -1.75. The molecule has 0 saturated carbocycles. The van der Waals surface area contributed by atoms with Crippen LogP contribution in [-0.2, 0) is 0 Å². The van der Waals surface area contributed by atoms with Crippen molar-refractivity contribution < 1.29 is 9.53 Å². The third-order valence-electron chi connectivity index (χ3n) is 2.05. The Balaban J connectivity index is 2.41. The fraction of sp³-hybridized carbons (Fsp3) is 0.182. The van der Waals surface area contributed by atoms with Crippen LogP contribution in [-0.4, -0.2) is 22.9 Å². The molecule has 2 heterocycles. The minimum Gasteiger partial charge on any atom is -0.494 e. The van der Waals surface area contributed by atoms with Gasteiger partial charge in [-0.3, -0.25) is 4.79 Å². The number of ketones is 1. The lowest BCUT2D eigenvalue weighted by Crippen LogP contribution is -2.04. The van der Waals surface area contributed by atoms with E-state index in [2.05, 4.69) is 9.97 Å². The SMILES string of the molecule is COc1cccnc1C(=O)c1cnc(C)s1. The molecule has 0 amide bonds. The summed E-state index contributed by atoms with van der Waals surface area (Å²) in [5.41, 5.74) is 0.327. The highest BCUT2D eigenvalue weighted by Gasteiger charge is 2.17. The molecule has 0 aliphatic rings. The molecule has 2 aromatic rings. The van der Waals surface area contributed by atoms with Crippen molar-refractivity contribution in [1.82, 2.24) is 9.97 Å². The third-order valence-corrected chi connectivity index (χ3v) is 2.96. The molecule has 0 radical (unpaired) electrons. The molecular formula is C11H10N2O2S. The summed E-state index contributed by atoms with van der Waals surface area (Å²) in [4.78, 5) is 20.7. The van der Waals surface area contributed by atoms with Crippen LogP contribution in [0.4, 0.5) is 0 Å². The zero-order valence-electron chi connectivity index (χ0n) is 8.93. The van der Waals surface area contributed by atoms with Gasteiger partial charge in [0.2, 0.25) is 5.78 Å². The van der Waals surface area contributed by atoms with Crippen molar-refractivity contribution >= 4 is 17.1 Å². The second-order valence-corrected chi connectivity index (χ2v) is 4.36. The molecule has 4 nitrogen and oxygen atoms in total. The number of nitrogens with zero attached hydrogens (tertiary/aromatic N) is 2. The number of aryl methyl sites for hydroxylation is 1. The number of hydrogen-bond donors (Lipinski definition) is 0. The maximum absolute atomic E-state index is 12.1. The highest BCUT2D eigenvalue weighted by atomic mass is 32.1. The molecule has 0 aromatic carbocycles. The average molecular weight is 234 g/mol. The topological polar surface area (TPSA) is 52.1 Å². The second kappa shape index (κ2) is 4.40. The van der Waals surface area contributed by atoms with Gasteiger partial charge < -0.3 is 4.74 Å². The van der Waals surface area contributed by atoms with Gasteiger partial charge in [-0.15, -0.1) is 11.3 Å². The van der Waals surface area contributed by atoms with Crippen molar-refractivity contribution in [1.29, 1.82) is 0 Å². The standard InChI is InChI=1S/C11H10N2O2S/c1-7-13-6-9(16-7)11(14)10-8(15-2)4-3-5-12-10/h3-6H,1-2H3. The van der Waals surface area contributed by atoms with Gasteiger partial charge in [0, 0.05) is 12.4 Å². The lowest BCUT2D eigenvalue weighted by molar-refractivity contribution is 0.103. The van der Waals surface area contributed by atoms with E-state index >= 15 is 0 Å². The van der Waals surface area contributed by atoms with Crippen LogP contribution in [0.15, 0.2) is 24.5 Å². The lowest BCUT2D eigenvalue weighted by Gasteiger charge is -2.03. The highest BCUT2D eigenvalue weighted by molar-refractivity contribution is 7.13. The van der Waals surface area contributed by atoms with Crippen molar-refractivity contribution in [3.63, 3.8) is 0 Å². The second-order valence-electron chi connectivity index (χ2n) is 3.13. The molecule has 0 bridgehead atoms. The van der Waals surface area contributed by atoms with Crippen LogP contribution in [0, 0.1) is 6.92 Å². The van der Waals surface area contributed by atoms with Crippen molar-refractivity contribution in [2.24, 2.45) is 0 Å². The molecule has 0 N–H and O–H groups in total. The van der Waals surface area contributed by atoms with Gasteiger partial charge in [0.15, 0.2) is 5.69 Å². The molecule has 0 fully saturated rings. The maximum atomic E-state index is 12.1. The number of carbonyl (C=O) groups is 1. The number of aromatic nitrogens is 2. The van der Waals surface area contributed by atoms with Crippen LogP contribution >= 0.6 is 11.3 Å². The van der Waals surface area contributed by atoms with E-state index in [0.717, 1.165) is 5.01 Å². The summed E-state index contributed by atoms with van der Waals surface area (Å²) in [5.74, 6) is 0.335. The zero-order chi connectivity index (χ0) is 11.5. The fourth-order valence-electron chi connectivity index (χ4n) is 1.31. The minimum absolute atomic E-state index is 0.150. The smallest absolute Gasteiger partial charge is 0.226 e. The fourth-order valence-corrected chi connectivity index (χ4v) is 2.03. The van der Waals surface area contributed by atoms with Gasteiger partial charge >= 0.3 is 0 Å². The van der Waals surface area contributed by atoms with E-state index in [1.807, 2.05) is 6.92 Å². The molecule has 2 aromatic heterocycles. The summed E-state index contributed by atoms with van der Waals surface area (Å²) in [6, 6.07) is 3.45. The molecule has 0 atom stereocenters. The Morgan fingerprint density at radius 1 is 1.44 bits per heavy atom. The van der Waals surface area contributed by atoms with E-state index in [4.69, 9.17) is 4.74 Å². The van der Waals surface area contributed by atoms with E-state index < -0.39 is 0 Å². The van der Waals surface area contributed by atoms with Crippen LogP contribution in [0.2, 0.25) is 0 Å². The average Bonchev–Trinajstić information content (AvgIpc) is 2.75. The molecule has 16 heavy (non-hydrogen) atoms. The predicted octanol–water partition coefficient (Wildman–Crippen LogP) is 2.09. The van der Waals surface area contributed by atoms with Crippen LogP contribution < -0.4 is 4.74 Å². The molecule has 2 rings (SSSR count). The molecule has 0 saturated heterocycles. The predicted molar refractivity (Wildman–Crippen MR) is 61.1 cm³/mol. The highest BCUT2D eigenvalue weighted by Crippen LogP contribution is 2.21. The van der Waals surface area contributed by atoms with Crippen molar-refractivity contribution in [3.8, 4) is 5.75 Å². The number of hydrogen-bond acceptors (Lipinski definition) is 5. The molecule has 0 aliphatic heterocycles. The minimum atomic E-state index is -0.150. The van der Waals surface area contributed by atoms with Crippen molar-refractivity contribution in [2.45, 2.75) is 6.92 Å². The monoisotopic (exact) mass is 234 g/mol. The first-order valence-corrected chi connectivity index (χ1v) is 5.50. The van der Waals surface area contributed by atoms with Crippen LogP contribution in [0.3, 0.4) is 0 Å². The lowest BCUT2D eigenvalue weighted by atomic mass is 10.2. The Morgan fingerprint density at radius 2 is 2.25 bits per heavy atom. The normalized spacial score (nSPS) is 10.1. The van der Waals surface area contributed by atoms with Crippen LogP contribution in [0.1, 0.15) is 20.4 Å². The third kappa shape index (κ3) is 1.94. The Labute approximate surface area is 96.9 Å². The quantitative estimate of drug-likeness (QED) is 0.763. The Bertz CT molecular complexity index is 522. The van der Waals surface area contributed by atoms with E-state index in [0.29, 0.717) is 16.3 Å². The van der Waals surface area contributed by atoms with E-state index in [1.54, 1.807) is 24.5 Å². The maximum Gasteiger partial charge on any atom is 0.226 e. The molecule has 0 aliphatic carbocycles. The summed E-state index contributed by atoms with van der Waals surface area (Å²) in [6.45, 7) is 1.86. The number of pyridine rings is 1. The van der Waals surface area contributed by atoms with Crippen molar-refractivity contribution in [2.75, 3.05) is 7.11 Å². The van der Waals surface area contributed by atoms with Gasteiger partial charge in [-0.1, -0.05) is 0 Å². The van der Waals surface area contributed by atoms with E-state index in [9.17, 15) is 4.79 Å². The first kappa shape index (κ1) is 10.8. The first-order valence-electron chi connectivity index (χ1n) is 4.68. The molecule has 82 valence electrons. The van der Waals surface area contributed by atoms with Crippen LogP contribution in [0.5, 0.6) is 5.75 Å². The van der Waals surface area contributed by atoms with Gasteiger partial charge in [0.05, 0.1) is 17.0 Å². The van der Waals surface area contributed by atoms with Gasteiger partial charge in [-0.25, -0.2) is 9.97 Å². The number of rotatable bonds is 3. The van der Waals surface area contributed by atoms with E-state index in [-0.39, 0.29) is 5.78 Å². The number of thiazole rings is 1. The molecule has 0 spiro atoms. The summed E-state index contributed by atoms with van der Waals surface area (Å²) in [7, 11) is 1.52. The Kier molecular flexibility index (Phi) is 2.96. The van der Waals surface area contributed by atoms with Gasteiger partial charge in [-0.05, 0) is 19.1 Å². The van der Waals surface area contributed by atoms with Gasteiger partial charge in [-0.2, -0.15) is 0 Å². The largest absolute Gasteiger partial charge is 0.494 e. The molecule has 5 heteroatoms.